The Kier molecular flexibility index (Phi) is 5.70. The van der Waals surface area contributed by atoms with Crippen molar-refractivity contribution in [3.8, 4) is 5.75 Å². The van der Waals surface area contributed by atoms with E-state index in [4.69, 9.17) is 10.5 Å². The number of methoxy groups -OCH3 is 1. The first-order chi connectivity index (χ1) is 15.6. The number of nitrogens with zero attached hydrogens (tertiary/aromatic N) is 1. The summed E-state index contributed by atoms with van der Waals surface area (Å²) in [4.78, 5) is 24.7. The van der Waals surface area contributed by atoms with Gasteiger partial charge < -0.3 is 10.5 Å². The van der Waals surface area contributed by atoms with Crippen LogP contribution in [0.25, 0.3) is 16.3 Å². The number of nitro benzene ring substituents is 1. The van der Waals surface area contributed by atoms with Crippen molar-refractivity contribution >= 4 is 33.5 Å². The van der Waals surface area contributed by atoms with Crippen LogP contribution < -0.4 is 10.5 Å². The Morgan fingerprint density at radius 3 is 2.52 bits per heavy atom. The summed E-state index contributed by atoms with van der Waals surface area (Å²) >= 11 is 0. The lowest BCUT2D eigenvalue weighted by molar-refractivity contribution is -0.385. The molecule has 0 unspecified atom stereocenters. The monoisotopic (exact) mass is 444 g/mol. The van der Waals surface area contributed by atoms with Gasteiger partial charge in [-0.25, -0.2) is 0 Å². The summed E-state index contributed by atoms with van der Waals surface area (Å²) in [5.74, 6) is -0.0920. The Morgan fingerprint density at radius 1 is 1.09 bits per heavy atom. The molecular formula is C27H28N2O4. The third-order valence-corrected chi connectivity index (χ3v) is 6.52. The first-order valence-electron chi connectivity index (χ1n) is 11.0. The van der Waals surface area contributed by atoms with Crippen molar-refractivity contribution in [1.82, 2.24) is 0 Å². The molecule has 2 N–H and O–H groups in total. The van der Waals surface area contributed by atoms with Crippen LogP contribution in [0.3, 0.4) is 0 Å². The molecule has 0 spiro atoms. The SMILES string of the molecule is COc1ccc([C@@H](C)C2=C(c3c(N)ccc4ccccc34)CC(C)(C)CC2=O)cc1[N+](=O)[O-]. The van der Waals surface area contributed by atoms with Gasteiger partial charge in [0.1, 0.15) is 0 Å². The third kappa shape index (κ3) is 4.09. The molecule has 3 aromatic carbocycles. The number of fused-ring (bicyclic) bond motifs is 1. The fourth-order valence-corrected chi connectivity index (χ4v) is 4.97. The molecular weight excluding hydrogens is 416 g/mol. The molecule has 4 rings (SSSR count). The van der Waals surface area contributed by atoms with Crippen molar-refractivity contribution in [1.29, 1.82) is 0 Å². The highest BCUT2D eigenvalue weighted by atomic mass is 16.6. The number of nitrogen functional groups attached to an aromatic ring is 1. The number of ether oxygens (including phenoxy) is 1. The highest BCUT2D eigenvalue weighted by Gasteiger charge is 2.37. The average molecular weight is 445 g/mol. The number of nitrogens with two attached hydrogens (primary N) is 1. The predicted molar refractivity (Wildman–Crippen MR) is 131 cm³/mol. The third-order valence-electron chi connectivity index (χ3n) is 6.52. The molecule has 1 atom stereocenters. The summed E-state index contributed by atoms with van der Waals surface area (Å²) in [7, 11) is 1.40. The van der Waals surface area contributed by atoms with Gasteiger partial charge in [-0.2, -0.15) is 0 Å². The number of carbonyl (C=O) groups is 1. The largest absolute Gasteiger partial charge is 0.490 e. The minimum absolute atomic E-state index is 0.0551. The predicted octanol–water partition coefficient (Wildman–Crippen LogP) is 6.29. The van der Waals surface area contributed by atoms with Crippen molar-refractivity contribution in [2.45, 2.75) is 39.5 Å². The van der Waals surface area contributed by atoms with Crippen LogP contribution in [0, 0.1) is 15.5 Å². The van der Waals surface area contributed by atoms with E-state index in [1.165, 1.54) is 13.2 Å². The van der Waals surface area contributed by atoms with Gasteiger partial charge in [-0.1, -0.05) is 57.2 Å². The van der Waals surface area contributed by atoms with E-state index in [2.05, 4.69) is 13.8 Å². The van der Waals surface area contributed by atoms with Gasteiger partial charge in [-0.05, 0) is 45.9 Å². The number of hydrogen-bond acceptors (Lipinski definition) is 5. The van der Waals surface area contributed by atoms with Crippen LogP contribution in [0.4, 0.5) is 11.4 Å². The van der Waals surface area contributed by atoms with Crippen molar-refractivity contribution in [2.75, 3.05) is 12.8 Å². The van der Waals surface area contributed by atoms with Crippen LogP contribution in [-0.2, 0) is 4.79 Å². The fraction of sp³-hybridized carbons (Fsp3) is 0.296. The number of benzene rings is 3. The molecule has 3 aromatic rings. The van der Waals surface area contributed by atoms with Crippen molar-refractivity contribution in [3.05, 3.63) is 81.4 Å². The second-order valence-electron chi connectivity index (χ2n) is 9.49. The van der Waals surface area contributed by atoms with E-state index >= 15 is 0 Å². The Labute approximate surface area is 193 Å². The van der Waals surface area contributed by atoms with E-state index in [1.807, 2.05) is 43.3 Å². The van der Waals surface area contributed by atoms with Gasteiger partial charge >= 0.3 is 5.69 Å². The lowest BCUT2D eigenvalue weighted by atomic mass is 9.68. The molecule has 6 heteroatoms. The molecule has 0 heterocycles. The number of carbonyl (C=O) groups excluding carboxylic acids is 1. The van der Waals surface area contributed by atoms with Crippen LogP contribution in [0.2, 0.25) is 0 Å². The molecule has 0 fully saturated rings. The average Bonchev–Trinajstić information content (AvgIpc) is 2.77. The molecule has 170 valence electrons. The smallest absolute Gasteiger partial charge is 0.311 e. The van der Waals surface area contributed by atoms with Crippen LogP contribution >= 0.6 is 0 Å². The minimum atomic E-state index is -0.459. The van der Waals surface area contributed by atoms with Crippen LogP contribution in [0.15, 0.2) is 60.2 Å². The highest BCUT2D eigenvalue weighted by Crippen LogP contribution is 2.48. The highest BCUT2D eigenvalue weighted by molar-refractivity contribution is 6.10. The van der Waals surface area contributed by atoms with Crippen LogP contribution in [-0.4, -0.2) is 17.8 Å². The molecule has 0 amide bonds. The van der Waals surface area contributed by atoms with Gasteiger partial charge in [-0.15, -0.1) is 0 Å². The topological polar surface area (TPSA) is 95.5 Å². The van der Waals surface area contributed by atoms with Gasteiger partial charge in [0, 0.05) is 35.2 Å². The summed E-state index contributed by atoms with van der Waals surface area (Å²) in [5, 5.41) is 13.6. The first kappa shape index (κ1) is 22.5. The summed E-state index contributed by atoms with van der Waals surface area (Å²) in [6.45, 7) is 6.11. The Morgan fingerprint density at radius 2 is 1.82 bits per heavy atom. The van der Waals surface area contributed by atoms with E-state index in [0.29, 0.717) is 29.7 Å². The molecule has 0 saturated heterocycles. The summed E-state index contributed by atoms with van der Waals surface area (Å²) in [6.07, 6.45) is 1.11. The molecule has 0 saturated carbocycles. The Hall–Kier alpha value is -3.67. The van der Waals surface area contributed by atoms with E-state index in [-0.39, 0.29) is 28.6 Å². The van der Waals surface area contributed by atoms with Crippen LogP contribution in [0.1, 0.15) is 50.7 Å². The first-order valence-corrected chi connectivity index (χ1v) is 11.0. The normalized spacial score (nSPS) is 16.7. The van der Waals surface area contributed by atoms with E-state index in [9.17, 15) is 14.9 Å². The molecule has 0 aliphatic heterocycles. The van der Waals surface area contributed by atoms with E-state index in [1.54, 1.807) is 12.1 Å². The zero-order chi connectivity index (χ0) is 23.9. The molecule has 0 aromatic heterocycles. The van der Waals surface area contributed by atoms with Crippen molar-refractivity contribution in [2.24, 2.45) is 5.41 Å². The summed E-state index contributed by atoms with van der Waals surface area (Å²) in [5.41, 5.74) is 9.99. The number of hydrogen-bond donors (Lipinski definition) is 1. The zero-order valence-corrected chi connectivity index (χ0v) is 19.3. The molecule has 0 radical (unpaired) electrons. The standard InChI is InChI=1S/C27H28N2O4/c1-16(18-10-12-24(33-4)22(13-18)29(31)32)25-20(14-27(2,3)15-23(25)30)26-19-8-6-5-7-17(19)9-11-21(26)28/h5-13,16H,14-15,28H2,1-4H3/t16-/m1/s1. The maximum atomic E-state index is 13.5. The van der Waals surface area contributed by atoms with Gasteiger partial charge in [0.15, 0.2) is 11.5 Å². The van der Waals surface area contributed by atoms with Gasteiger partial charge in [-0.3, -0.25) is 14.9 Å². The molecule has 1 aliphatic rings. The van der Waals surface area contributed by atoms with Gasteiger partial charge in [0.2, 0.25) is 0 Å². The maximum Gasteiger partial charge on any atom is 0.311 e. The lowest BCUT2D eigenvalue weighted by Crippen LogP contribution is -2.27. The number of nitro groups is 1. The Balaban J connectivity index is 1.98. The quantitative estimate of drug-likeness (QED) is 0.284. The number of anilines is 1. The molecule has 1 aliphatic carbocycles. The number of ketones is 1. The minimum Gasteiger partial charge on any atom is -0.490 e. The maximum absolute atomic E-state index is 13.5. The number of allylic oxidation sites excluding steroid dienone is 2. The molecule has 0 bridgehead atoms. The summed E-state index contributed by atoms with van der Waals surface area (Å²) in [6, 6.07) is 16.8. The van der Waals surface area contributed by atoms with Crippen LogP contribution in [0.5, 0.6) is 5.75 Å². The van der Waals surface area contributed by atoms with Gasteiger partial charge in [0.05, 0.1) is 12.0 Å². The zero-order valence-electron chi connectivity index (χ0n) is 19.3. The molecule has 6 nitrogen and oxygen atoms in total. The number of rotatable bonds is 5. The van der Waals surface area contributed by atoms with Gasteiger partial charge in [0.25, 0.3) is 0 Å². The van der Waals surface area contributed by atoms with Crippen molar-refractivity contribution < 1.29 is 14.5 Å². The van der Waals surface area contributed by atoms with E-state index < -0.39 is 4.92 Å². The second-order valence-corrected chi connectivity index (χ2v) is 9.49. The fourth-order valence-electron chi connectivity index (χ4n) is 4.97. The lowest BCUT2D eigenvalue weighted by Gasteiger charge is -2.35. The second kappa shape index (κ2) is 8.35. The van der Waals surface area contributed by atoms with E-state index in [0.717, 1.165) is 21.9 Å². The summed E-state index contributed by atoms with van der Waals surface area (Å²) < 4.78 is 5.15. The molecule has 33 heavy (non-hydrogen) atoms. The van der Waals surface area contributed by atoms with Crippen molar-refractivity contribution in [3.63, 3.8) is 0 Å². The Bertz CT molecular complexity index is 1310. The number of Topliss-reactive ketones (excluding diaryl/α,β-unsaturated/α-hetero) is 1.